The zero-order chi connectivity index (χ0) is 25.4. The van der Waals surface area contributed by atoms with Gasteiger partial charge in [0.2, 0.25) is 11.8 Å². The van der Waals surface area contributed by atoms with E-state index in [0.29, 0.717) is 26.0 Å². The summed E-state index contributed by atoms with van der Waals surface area (Å²) < 4.78 is 5.71. The van der Waals surface area contributed by atoms with Crippen molar-refractivity contribution in [3.63, 3.8) is 0 Å². The minimum absolute atomic E-state index is 0.0792. The molecule has 2 N–H and O–H groups in total. The maximum Gasteiger partial charge on any atom is 0.248 e. The number of aliphatic hydroxyl groups excluding tert-OH is 1. The monoisotopic (exact) mass is 497 g/mol. The van der Waals surface area contributed by atoms with Gasteiger partial charge in [0.1, 0.15) is 23.9 Å². The summed E-state index contributed by atoms with van der Waals surface area (Å²) in [7, 11) is 0. The summed E-state index contributed by atoms with van der Waals surface area (Å²) >= 11 is 0. The van der Waals surface area contributed by atoms with Crippen LogP contribution in [0.3, 0.4) is 0 Å². The van der Waals surface area contributed by atoms with Crippen molar-refractivity contribution in [2.24, 2.45) is 5.92 Å². The van der Waals surface area contributed by atoms with E-state index in [0.717, 1.165) is 63.9 Å². The molecule has 0 radical (unpaired) electrons. The van der Waals surface area contributed by atoms with Crippen LogP contribution < -0.4 is 10.1 Å². The van der Waals surface area contributed by atoms with Crippen molar-refractivity contribution in [1.29, 1.82) is 0 Å². The molecule has 1 aromatic rings. The van der Waals surface area contributed by atoms with Crippen LogP contribution in [0, 0.1) is 5.92 Å². The second-order valence-electron chi connectivity index (χ2n) is 10.6. The lowest BCUT2D eigenvalue weighted by atomic mass is 9.78. The summed E-state index contributed by atoms with van der Waals surface area (Å²) in [6.07, 6.45) is 11.6. The van der Waals surface area contributed by atoms with E-state index in [1.807, 2.05) is 41.3 Å². The van der Waals surface area contributed by atoms with Gasteiger partial charge in [0.05, 0.1) is 6.10 Å². The fraction of sp³-hybridized carbons (Fsp3) is 0.655. The van der Waals surface area contributed by atoms with Crippen molar-refractivity contribution in [1.82, 2.24) is 15.1 Å². The smallest absolute Gasteiger partial charge is 0.248 e. The van der Waals surface area contributed by atoms with Gasteiger partial charge in [-0.05, 0) is 50.2 Å². The first-order chi connectivity index (χ1) is 17.5. The van der Waals surface area contributed by atoms with E-state index >= 15 is 0 Å². The van der Waals surface area contributed by atoms with Crippen LogP contribution in [0.2, 0.25) is 0 Å². The van der Waals surface area contributed by atoms with Crippen LogP contribution in [-0.4, -0.2) is 77.2 Å². The molecule has 36 heavy (non-hydrogen) atoms. The topological polar surface area (TPSA) is 82.1 Å². The SMILES string of the molecule is CCCCN1C(=O)[C@@H]([C@H](O)C2CCCCC2)NC(=O)C12CCN(CC=CCOc1ccccc1)CC2. The zero-order valence-electron chi connectivity index (χ0n) is 21.7. The third kappa shape index (κ3) is 6.12. The molecule has 1 saturated carbocycles. The summed E-state index contributed by atoms with van der Waals surface area (Å²) in [5.74, 6) is 0.778. The molecule has 1 aliphatic carbocycles. The first-order valence-corrected chi connectivity index (χ1v) is 13.9. The number of rotatable bonds is 10. The number of carbonyl (C=O) groups is 2. The molecular formula is C29H43N3O4. The highest BCUT2D eigenvalue weighted by molar-refractivity contribution is 6.00. The second-order valence-corrected chi connectivity index (χ2v) is 10.6. The molecule has 198 valence electrons. The maximum atomic E-state index is 13.7. The van der Waals surface area contributed by atoms with Crippen LogP contribution in [0.25, 0.3) is 0 Å². The van der Waals surface area contributed by atoms with Crippen molar-refractivity contribution in [2.45, 2.75) is 82.4 Å². The third-order valence-corrected chi connectivity index (χ3v) is 8.27. The van der Waals surface area contributed by atoms with Gasteiger partial charge in [0.25, 0.3) is 0 Å². The van der Waals surface area contributed by atoms with Gasteiger partial charge in [-0.2, -0.15) is 0 Å². The molecule has 4 rings (SSSR count). The number of unbranched alkanes of at least 4 members (excludes halogenated alkanes) is 1. The first-order valence-electron chi connectivity index (χ1n) is 13.9. The number of nitrogens with zero attached hydrogens (tertiary/aromatic N) is 2. The van der Waals surface area contributed by atoms with Crippen molar-refractivity contribution >= 4 is 11.8 Å². The Balaban J connectivity index is 1.34. The van der Waals surface area contributed by atoms with Gasteiger partial charge < -0.3 is 20.1 Å². The van der Waals surface area contributed by atoms with Gasteiger partial charge in [-0.3, -0.25) is 14.5 Å². The largest absolute Gasteiger partial charge is 0.490 e. The Morgan fingerprint density at radius 2 is 1.83 bits per heavy atom. The molecule has 0 bridgehead atoms. The van der Waals surface area contributed by atoms with Crippen LogP contribution >= 0.6 is 0 Å². The Morgan fingerprint density at radius 1 is 1.11 bits per heavy atom. The predicted octanol–water partition coefficient (Wildman–Crippen LogP) is 3.52. The van der Waals surface area contributed by atoms with Gasteiger partial charge in [0.15, 0.2) is 0 Å². The number of hydrogen-bond donors (Lipinski definition) is 2. The van der Waals surface area contributed by atoms with Crippen LogP contribution in [0.5, 0.6) is 5.75 Å². The van der Waals surface area contributed by atoms with E-state index in [9.17, 15) is 14.7 Å². The summed E-state index contributed by atoms with van der Waals surface area (Å²) in [6.45, 7) is 5.50. The van der Waals surface area contributed by atoms with E-state index in [-0.39, 0.29) is 17.7 Å². The third-order valence-electron chi connectivity index (χ3n) is 8.27. The van der Waals surface area contributed by atoms with E-state index in [4.69, 9.17) is 4.74 Å². The molecule has 2 atom stereocenters. The number of nitrogens with one attached hydrogen (secondary N) is 1. The molecule has 1 aromatic carbocycles. The average Bonchev–Trinajstić information content (AvgIpc) is 2.92. The molecule has 3 fully saturated rings. The lowest BCUT2D eigenvalue weighted by molar-refractivity contribution is -0.165. The fourth-order valence-corrected chi connectivity index (χ4v) is 6.01. The summed E-state index contributed by atoms with van der Waals surface area (Å²) in [4.78, 5) is 31.4. The predicted molar refractivity (Wildman–Crippen MR) is 141 cm³/mol. The van der Waals surface area contributed by atoms with Crippen LogP contribution in [0.1, 0.15) is 64.7 Å². The van der Waals surface area contributed by atoms with E-state index in [1.165, 1.54) is 6.42 Å². The number of para-hydroxylation sites is 1. The highest BCUT2D eigenvalue weighted by Gasteiger charge is 2.55. The average molecular weight is 498 g/mol. The van der Waals surface area contributed by atoms with Gasteiger partial charge >= 0.3 is 0 Å². The Hall–Kier alpha value is -2.38. The van der Waals surface area contributed by atoms with Gasteiger partial charge in [-0.15, -0.1) is 0 Å². The van der Waals surface area contributed by atoms with E-state index in [1.54, 1.807) is 0 Å². The maximum absolute atomic E-state index is 13.7. The van der Waals surface area contributed by atoms with E-state index < -0.39 is 17.7 Å². The molecule has 2 saturated heterocycles. The molecule has 3 aliphatic rings. The number of amides is 2. The zero-order valence-corrected chi connectivity index (χ0v) is 21.7. The highest BCUT2D eigenvalue weighted by atomic mass is 16.5. The lowest BCUT2D eigenvalue weighted by Gasteiger charge is -2.52. The van der Waals surface area contributed by atoms with E-state index in [2.05, 4.69) is 23.2 Å². The number of piperidine rings is 1. The number of benzene rings is 1. The van der Waals surface area contributed by atoms with Gasteiger partial charge in [-0.25, -0.2) is 0 Å². The standard InChI is InChI=1S/C29H43N3O4/c1-2-3-19-32-27(34)25(26(33)23-12-6-4-7-13-23)30-28(35)29(32)16-20-31(21-17-29)18-10-11-22-36-24-14-8-5-9-15-24/h5,8-11,14-15,23,25-26,33H,2-4,6-7,12-13,16-22H2,1H3,(H,30,35)/t25-,26-/m1/s1. The molecule has 2 aliphatic heterocycles. The number of likely N-dealkylation sites (tertiary alicyclic amines) is 1. The number of piperazine rings is 1. The van der Waals surface area contributed by atoms with Crippen LogP contribution in [0.4, 0.5) is 0 Å². The van der Waals surface area contributed by atoms with Crippen molar-refractivity contribution < 1.29 is 19.4 Å². The normalized spacial score (nSPS) is 24.3. The fourth-order valence-electron chi connectivity index (χ4n) is 6.01. The number of carbonyl (C=O) groups excluding carboxylic acids is 2. The molecular weight excluding hydrogens is 454 g/mol. The van der Waals surface area contributed by atoms with Crippen LogP contribution in [0.15, 0.2) is 42.5 Å². The number of aliphatic hydroxyl groups is 1. The quantitative estimate of drug-likeness (QED) is 0.484. The summed E-state index contributed by atoms with van der Waals surface area (Å²) in [6, 6.07) is 8.95. The van der Waals surface area contributed by atoms with Crippen molar-refractivity contribution in [3.8, 4) is 5.75 Å². The van der Waals surface area contributed by atoms with Crippen molar-refractivity contribution in [3.05, 3.63) is 42.5 Å². The molecule has 7 heteroatoms. The molecule has 7 nitrogen and oxygen atoms in total. The Morgan fingerprint density at radius 3 is 2.53 bits per heavy atom. The minimum atomic E-state index is -0.811. The molecule has 2 heterocycles. The number of hydrogen-bond acceptors (Lipinski definition) is 5. The van der Waals surface area contributed by atoms with Crippen molar-refractivity contribution in [2.75, 3.05) is 32.8 Å². The molecule has 1 spiro atoms. The van der Waals surface area contributed by atoms with Gasteiger partial charge in [-0.1, -0.05) is 63.0 Å². The highest BCUT2D eigenvalue weighted by Crippen LogP contribution is 2.36. The second kappa shape index (κ2) is 12.7. The van der Waals surface area contributed by atoms with Gasteiger partial charge in [0, 0.05) is 26.2 Å². The summed E-state index contributed by atoms with van der Waals surface area (Å²) in [5.41, 5.74) is -0.800. The van der Waals surface area contributed by atoms with Crippen LogP contribution in [-0.2, 0) is 9.59 Å². The Kier molecular flexibility index (Phi) is 9.43. The Bertz CT molecular complexity index is 876. The molecule has 2 amide bonds. The molecule has 0 aromatic heterocycles. The lowest BCUT2D eigenvalue weighted by Crippen LogP contribution is -2.75. The summed E-state index contributed by atoms with van der Waals surface area (Å²) in [5, 5.41) is 14.1. The first kappa shape index (κ1) is 26.7. The number of ether oxygens (including phenoxy) is 1. The Labute approximate surface area is 215 Å². The minimum Gasteiger partial charge on any atom is -0.490 e. The molecule has 0 unspecified atom stereocenters.